The van der Waals surface area contributed by atoms with Gasteiger partial charge >= 0.3 is 0 Å². The van der Waals surface area contributed by atoms with E-state index in [1.807, 2.05) is 12.1 Å². The zero-order valence-electron chi connectivity index (χ0n) is 15.4. The van der Waals surface area contributed by atoms with E-state index in [1.54, 1.807) is 0 Å². The molecule has 0 fully saturated rings. The Labute approximate surface area is 159 Å². The van der Waals surface area contributed by atoms with Gasteiger partial charge in [-0.25, -0.2) is 5.01 Å². The molecule has 0 radical (unpaired) electrons. The normalized spacial score (nSPS) is 20.5. The standard InChI is InChI=1S/C24H22N2O/c1-2-17-12-14-19(15-13-17)24-26-22(20-10-6-7-11-23(20)27-24)16-21(25-26)18-8-4-3-5-9-18/h3-15,22,24H,2,16H2,1H3. The molecule has 3 heteroatoms. The van der Waals surface area contributed by atoms with Gasteiger partial charge in [-0.1, -0.05) is 79.7 Å². The third kappa shape index (κ3) is 2.80. The van der Waals surface area contributed by atoms with Crippen LogP contribution in [0.3, 0.4) is 0 Å². The molecule has 5 rings (SSSR count). The molecule has 0 amide bonds. The van der Waals surface area contributed by atoms with E-state index in [-0.39, 0.29) is 12.3 Å². The van der Waals surface area contributed by atoms with Gasteiger partial charge in [-0.05, 0) is 23.6 Å². The van der Waals surface area contributed by atoms with Crippen LogP contribution >= 0.6 is 0 Å². The second kappa shape index (κ2) is 6.58. The Bertz CT molecular complexity index is 979. The van der Waals surface area contributed by atoms with Crippen LogP contribution in [0.2, 0.25) is 0 Å². The number of rotatable bonds is 3. The number of hydrazone groups is 1. The number of para-hydroxylation sites is 1. The summed E-state index contributed by atoms with van der Waals surface area (Å²) in [4.78, 5) is 0. The smallest absolute Gasteiger partial charge is 0.213 e. The summed E-state index contributed by atoms with van der Waals surface area (Å²) in [6, 6.07) is 27.7. The van der Waals surface area contributed by atoms with Gasteiger partial charge in [0.05, 0.1) is 11.8 Å². The van der Waals surface area contributed by atoms with E-state index in [4.69, 9.17) is 9.84 Å². The van der Waals surface area contributed by atoms with E-state index in [2.05, 4.69) is 78.7 Å². The number of benzene rings is 3. The molecule has 2 unspecified atom stereocenters. The fourth-order valence-electron chi connectivity index (χ4n) is 3.98. The van der Waals surface area contributed by atoms with E-state index in [1.165, 1.54) is 16.7 Å². The van der Waals surface area contributed by atoms with Crippen molar-refractivity contribution >= 4 is 5.71 Å². The molecule has 2 atom stereocenters. The Morgan fingerprint density at radius 2 is 1.67 bits per heavy atom. The molecule has 0 saturated heterocycles. The molecular formula is C24H22N2O. The quantitative estimate of drug-likeness (QED) is 0.621. The minimum absolute atomic E-state index is 0.197. The molecule has 3 aromatic carbocycles. The molecule has 0 saturated carbocycles. The molecule has 0 N–H and O–H groups in total. The Kier molecular flexibility index (Phi) is 3.93. The molecule has 0 spiro atoms. The Morgan fingerprint density at radius 1 is 0.926 bits per heavy atom. The highest BCUT2D eigenvalue weighted by molar-refractivity contribution is 6.01. The van der Waals surface area contributed by atoms with Gasteiger partial charge in [-0.3, -0.25) is 0 Å². The van der Waals surface area contributed by atoms with Crippen molar-refractivity contribution in [2.24, 2.45) is 5.10 Å². The monoisotopic (exact) mass is 354 g/mol. The minimum Gasteiger partial charge on any atom is -0.464 e. The summed E-state index contributed by atoms with van der Waals surface area (Å²) in [6.45, 7) is 2.18. The maximum Gasteiger partial charge on any atom is 0.213 e. The zero-order valence-corrected chi connectivity index (χ0v) is 15.4. The van der Waals surface area contributed by atoms with Crippen LogP contribution in [0.4, 0.5) is 0 Å². The fourth-order valence-corrected chi connectivity index (χ4v) is 3.98. The second-order valence-corrected chi connectivity index (χ2v) is 7.12. The number of ether oxygens (including phenoxy) is 1. The highest BCUT2D eigenvalue weighted by Crippen LogP contribution is 2.47. The number of fused-ring (bicyclic) bond motifs is 3. The van der Waals surface area contributed by atoms with Crippen molar-refractivity contribution in [1.82, 2.24) is 5.01 Å². The van der Waals surface area contributed by atoms with E-state index < -0.39 is 0 Å². The molecule has 2 heterocycles. The van der Waals surface area contributed by atoms with Gasteiger partial charge in [0.1, 0.15) is 5.75 Å². The van der Waals surface area contributed by atoms with Gasteiger partial charge in [0.15, 0.2) is 0 Å². The number of hydrogen-bond acceptors (Lipinski definition) is 3. The van der Waals surface area contributed by atoms with Gasteiger partial charge in [0.25, 0.3) is 0 Å². The molecule has 27 heavy (non-hydrogen) atoms. The van der Waals surface area contributed by atoms with Crippen LogP contribution in [0.25, 0.3) is 0 Å². The predicted octanol–water partition coefficient (Wildman–Crippen LogP) is 5.49. The molecular weight excluding hydrogens is 332 g/mol. The summed E-state index contributed by atoms with van der Waals surface area (Å²) in [6.07, 6.45) is 1.74. The SMILES string of the molecule is CCc1ccc(C2Oc3ccccc3C3CC(c4ccccc4)=NN32)cc1. The Morgan fingerprint density at radius 3 is 2.44 bits per heavy atom. The number of nitrogens with zero attached hydrogens (tertiary/aromatic N) is 2. The summed E-state index contributed by atoms with van der Waals surface area (Å²) >= 11 is 0. The highest BCUT2D eigenvalue weighted by atomic mass is 16.5. The summed E-state index contributed by atoms with van der Waals surface area (Å²) in [5.74, 6) is 0.966. The van der Waals surface area contributed by atoms with Crippen molar-refractivity contribution in [3.63, 3.8) is 0 Å². The van der Waals surface area contributed by atoms with Crippen LogP contribution in [-0.2, 0) is 6.42 Å². The zero-order chi connectivity index (χ0) is 18.2. The maximum atomic E-state index is 6.41. The van der Waals surface area contributed by atoms with Crippen molar-refractivity contribution in [1.29, 1.82) is 0 Å². The molecule has 134 valence electrons. The molecule has 0 aliphatic carbocycles. The van der Waals surface area contributed by atoms with E-state index in [0.717, 1.165) is 29.9 Å². The van der Waals surface area contributed by atoms with Gasteiger partial charge < -0.3 is 4.74 Å². The third-order valence-electron chi connectivity index (χ3n) is 5.48. The average molecular weight is 354 g/mol. The first-order valence-corrected chi connectivity index (χ1v) is 9.59. The summed E-state index contributed by atoms with van der Waals surface area (Å²) in [5, 5.41) is 7.15. The van der Waals surface area contributed by atoms with Gasteiger partial charge in [-0.2, -0.15) is 5.10 Å². The first kappa shape index (κ1) is 16.1. The first-order valence-electron chi connectivity index (χ1n) is 9.59. The highest BCUT2D eigenvalue weighted by Gasteiger charge is 2.40. The van der Waals surface area contributed by atoms with E-state index in [9.17, 15) is 0 Å². The Balaban J connectivity index is 1.57. The second-order valence-electron chi connectivity index (χ2n) is 7.12. The van der Waals surface area contributed by atoms with Gasteiger partial charge in [-0.15, -0.1) is 0 Å². The van der Waals surface area contributed by atoms with Crippen LogP contribution in [-0.4, -0.2) is 10.7 Å². The molecule has 0 aromatic heterocycles. The van der Waals surface area contributed by atoms with Crippen LogP contribution in [0.15, 0.2) is 84.0 Å². The molecule has 3 aromatic rings. The maximum absolute atomic E-state index is 6.41. The summed E-state index contributed by atoms with van der Waals surface area (Å²) < 4.78 is 6.41. The summed E-state index contributed by atoms with van der Waals surface area (Å²) in [7, 11) is 0. The lowest BCUT2D eigenvalue weighted by atomic mass is 9.96. The fraction of sp³-hybridized carbons (Fsp3) is 0.208. The molecule has 2 aliphatic heterocycles. The summed E-state index contributed by atoms with van der Waals surface area (Å²) in [5.41, 5.74) is 6.00. The van der Waals surface area contributed by atoms with Crippen LogP contribution in [0, 0.1) is 0 Å². The largest absolute Gasteiger partial charge is 0.464 e. The molecule has 0 bridgehead atoms. The topological polar surface area (TPSA) is 24.8 Å². The lowest BCUT2D eigenvalue weighted by Gasteiger charge is -2.38. The lowest BCUT2D eigenvalue weighted by Crippen LogP contribution is -2.33. The van der Waals surface area contributed by atoms with Crippen molar-refractivity contribution in [3.8, 4) is 5.75 Å². The first-order chi connectivity index (χ1) is 13.3. The molecule has 3 nitrogen and oxygen atoms in total. The molecule has 2 aliphatic rings. The van der Waals surface area contributed by atoms with Crippen molar-refractivity contribution in [3.05, 3.63) is 101 Å². The minimum atomic E-state index is -0.197. The lowest BCUT2D eigenvalue weighted by molar-refractivity contribution is -0.0190. The average Bonchev–Trinajstić information content (AvgIpc) is 3.20. The number of aryl methyl sites for hydroxylation is 1. The van der Waals surface area contributed by atoms with Crippen LogP contribution in [0.1, 0.15) is 47.9 Å². The van der Waals surface area contributed by atoms with Gasteiger partial charge in [0.2, 0.25) is 6.23 Å². The van der Waals surface area contributed by atoms with Crippen molar-refractivity contribution < 1.29 is 4.74 Å². The predicted molar refractivity (Wildman–Crippen MR) is 108 cm³/mol. The van der Waals surface area contributed by atoms with Crippen LogP contribution in [0.5, 0.6) is 5.75 Å². The van der Waals surface area contributed by atoms with Crippen molar-refractivity contribution in [2.75, 3.05) is 0 Å². The van der Waals surface area contributed by atoms with Gasteiger partial charge in [0, 0.05) is 17.5 Å². The van der Waals surface area contributed by atoms with E-state index in [0.29, 0.717) is 0 Å². The van der Waals surface area contributed by atoms with Crippen LogP contribution < -0.4 is 4.74 Å². The van der Waals surface area contributed by atoms with E-state index >= 15 is 0 Å². The number of hydrogen-bond donors (Lipinski definition) is 0. The third-order valence-corrected chi connectivity index (χ3v) is 5.48. The Hall–Kier alpha value is -3.07. The van der Waals surface area contributed by atoms with Crippen molar-refractivity contribution in [2.45, 2.75) is 32.0 Å².